The number of likely N-dealkylation sites (tertiary alicyclic amines) is 1. The van der Waals surface area contributed by atoms with Crippen molar-refractivity contribution >= 4 is 11.9 Å². The monoisotopic (exact) mass is 347 g/mol. The molecule has 0 saturated carbocycles. The number of ether oxygens (including phenoxy) is 2. The third-order valence-electron chi connectivity index (χ3n) is 4.04. The SMILES string of the molecule is COc1ccc(C(=O)NC(=NCCN2CCCCC2)OC(C)C)cc1. The molecule has 1 fully saturated rings. The Morgan fingerprint density at radius 3 is 2.48 bits per heavy atom. The van der Waals surface area contributed by atoms with Crippen molar-refractivity contribution in [3.8, 4) is 5.75 Å². The zero-order chi connectivity index (χ0) is 18.1. The van der Waals surface area contributed by atoms with Gasteiger partial charge in [-0.2, -0.15) is 0 Å². The van der Waals surface area contributed by atoms with Crippen molar-refractivity contribution in [3.63, 3.8) is 0 Å². The van der Waals surface area contributed by atoms with E-state index in [2.05, 4.69) is 15.2 Å². The van der Waals surface area contributed by atoms with Gasteiger partial charge in [-0.15, -0.1) is 0 Å². The lowest BCUT2D eigenvalue weighted by molar-refractivity contribution is 0.0959. The summed E-state index contributed by atoms with van der Waals surface area (Å²) in [5, 5.41) is 2.77. The van der Waals surface area contributed by atoms with E-state index < -0.39 is 0 Å². The lowest BCUT2D eigenvalue weighted by atomic mass is 10.1. The van der Waals surface area contributed by atoms with Crippen LogP contribution in [-0.4, -0.2) is 56.2 Å². The van der Waals surface area contributed by atoms with Crippen molar-refractivity contribution in [2.45, 2.75) is 39.2 Å². The Morgan fingerprint density at radius 1 is 1.20 bits per heavy atom. The third-order valence-corrected chi connectivity index (χ3v) is 4.04. The highest BCUT2D eigenvalue weighted by Crippen LogP contribution is 2.11. The number of methoxy groups -OCH3 is 1. The number of hydrogen-bond acceptors (Lipinski definition) is 5. The highest BCUT2D eigenvalue weighted by atomic mass is 16.5. The van der Waals surface area contributed by atoms with E-state index >= 15 is 0 Å². The van der Waals surface area contributed by atoms with Crippen LogP contribution in [0.5, 0.6) is 5.75 Å². The normalized spacial score (nSPS) is 15.9. The number of piperidine rings is 1. The molecule has 0 atom stereocenters. The molecule has 1 N–H and O–H groups in total. The molecule has 1 aromatic carbocycles. The molecule has 0 aliphatic carbocycles. The van der Waals surface area contributed by atoms with Gasteiger partial charge < -0.3 is 14.4 Å². The molecule has 6 nitrogen and oxygen atoms in total. The quantitative estimate of drug-likeness (QED) is 0.635. The molecule has 1 aliphatic rings. The topological polar surface area (TPSA) is 63.2 Å². The second-order valence-corrected chi connectivity index (χ2v) is 6.44. The standard InChI is InChI=1S/C19H29N3O3/c1-15(2)25-19(20-11-14-22-12-5-4-6-13-22)21-18(23)16-7-9-17(24-3)10-8-16/h7-10,15H,4-6,11-14H2,1-3H3,(H,20,21,23). The van der Waals surface area contributed by atoms with Crippen molar-refractivity contribution in [2.75, 3.05) is 33.3 Å². The van der Waals surface area contributed by atoms with E-state index in [0.717, 1.165) is 19.6 Å². The van der Waals surface area contributed by atoms with Crippen molar-refractivity contribution in [3.05, 3.63) is 29.8 Å². The molecule has 0 spiro atoms. The van der Waals surface area contributed by atoms with Gasteiger partial charge in [0.05, 0.1) is 19.8 Å². The number of amidine groups is 1. The van der Waals surface area contributed by atoms with Crippen molar-refractivity contribution in [1.82, 2.24) is 10.2 Å². The van der Waals surface area contributed by atoms with Gasteiger partial charge >= 0.3 is 0 Å². The first-order chi connectivity index (χ1) is 12.1. The number of amides is 1. The fourth-order valence-corrected chi connectivity index (χ4v) is 2.72. The van der Waals surface area contributed by atoms with E-state index in [1.807, 2.05) is 13.8 Å². The first kappa shape index (κ1) is 19.2. The summed E-state index contributed by atoms with van der Waals surface area (Å²) in [4.78, 5) is 19.2. The fraction of sp³-hybridized carbons (Fsp3) is 0.579. The summed E-state index contributed by atoms with van der Waals surface area (Å²) < 4.78 is 10.8. The number of rotatable bonds is 6. The average molecular weight is 347 g/mol. The molecule has 1 aromatic rings. The number of nitrogens with one attached hydrogen (secondary N) is 1. The van der Waals surface area contributed by atoms with Crippen molar-refractivity contribution in [1.29, 1.82) is 0 Å². The molecule has 1 aliphatic heterocycles. The Kier molecular flexibility index (Phi) is 7.73. The van der Waals surface area contributed by atoms with Crippen LogP contribution in [0.1, 0.15) is 43.5 Å². The zero-order valence-electron chi connectivity index (χ0n) is 15.5. The first-order valence-corrected chi connectivity index (χ1v) is 8.97. The molecule has 0 radical (unpaired) electrons. The van der Waals surface area contributed by atoms with Gasteiger partial charge in [-0.05, 0) is 64.0 Å². The number of aliphatic imine (C=N–C) groups is 1. The smallest absolute Gasteiger partial charge is 0.291 e. The molecule has 138 valence electrons. The molecular formula is C19H29N3O3. The van der Waals surface area contributed by atoms with Gasteiger partial charge in [-0.3, -0.25) is 10.1 Å². The van der Waals surface area contributed by atoms with Gasteiger partial charge in [0.2, 0.25) is 0 Å². The van der Waals surface area contributed by atoms with Gasteiger partial charge in [0.15, 0.2) is 0 Å². The maximum atomic E-state index is 12.4. The molecule has 1 saturated heterocycles. The van der Waals surface area contributed by atoms with Crippen LogP contribution in [0.2, 0.25) is 0 Å². The van der Waals surface area contributed by atoms with Crippen LogP contribution in [0.4, 0.5) is 0 Å². The van der Waals surface area contributed by atoms with Gasteiger partial charge in [0.25, 0.3) is 11.9 Å². The van der Waals surface area contributed by atoms with Crippen LogP contribution in [-0.2, 0) is 4.74 Å². The molecule has 6 heteroatoms. The van der Waals surface area contributed by atoms with E-state index in [0.29, 0.717) is 17.9 Å². The van der Waals surface area contributed by atoms with Crippen molar-refractivity contribution in [2.24, 2.45) is 4.99 Å². The minimum absolute atomic E-state index is 0.0510. The largest absolute Gasteiger partial charge is 0.497 e. The van der Waals surface area contributed by atoms with Crippen molar-refractivity contribution < 1.29 is 14.3 Å². The van der Waals surface area contributed by atoms with Gasteiger partial charge in [-0.25, -0.2) is 4.99 Å². The summed E-state index contributed by atoms with van der Waals surface area (Å²) in [6.07, 6.45) is 3.78. The van der Waals surface area contributed by atoms with Crippen LogP contribution >= 0.6 is 0 Å². The second-order valence-electron chi connectivity index (χ2n) is 6.44. The Morgan fingerprint density at radius 2 is 1.88 bits per heavy atom. The van der Waals surface area contributed by atoms with E-state index in [-0.39, 0.29) is 18.0 Å². The number of nitrogens with zero attached hydrogens (tertiary/aromatic N) is 2. The van der Waals surface area contributed by atoms with Gasteiger partial charge in [0.1, 0.15) is 5.75 Å². The Labute approximate surface area is 150 Å². The Hall–Kier alpha value is -2.08. The Balaban J connectivity index is 1.92. The predicted molar refractivity (Wildman–Crippen MR) is 99.3 cm³/mol. The molecule has 0 aromatic heterocycles. The molecule has 2 rings (SSSR count). The molecule has 25 heavy (non-hydrogen) atoms. The van der Waals surface area contributed by atoms with Crippen LogP contribution in [0.25, 0.3) is 0 Å². The maximum Gasteiger partial charge on any atom is 0.291 e. The molecule has 1 amide bonds. The van der Waals surface area contributed by atoms with E-state index in [9.17, 15) is 4.79 Å². The summed E-state index contributed by atoms with van der Waals surface area (Å²) in [5.74, 6) is 0.477. The predicted octanol–water partition coefficient (Wildman–Crippen LogP) is 2.69. The summed E-state index contributed by atoms with van der Waals surface area (Å²) in [6, 6.07) is 7.23. The summed E-state index contributed by atoms with van der Waals surface area (Å²) in [7, 11) is 1.60. The molecule has 0 unspecified atom stereocenters. The lowest BCUT2D eigenvalue weighted by Gasteiger charge is -2.25. The van der Waals surface area contributed by atoms with Gasteiger partial charge in [-0.1, -0.05) is 6.42 Å². The van der Waals surface area contributed by atoms with Gasteiger partial charge in [0, 0.05) is 12.1 Å². The zero-order valence-corrected chi connectivity index (χ0v) is 15.5. The van der Waals surface area contributed by atoms with E-state index in [1.54, 1.807) is 31.4 Å². The first-order valence-electron chi connectivity index (χ1n) is 8.97. The summed E-state index contributed by atoms with van der Waals surface area (Å²) in [6.45, 7) is 7.61. The summed E-state index contributed by atoms with van der Waals surface area (Å²) >= 11 is 0. The third kappa shape index (κ3) is 6.74. The number of carbonyl (C=O) groups is 1. The fourth-order valence-electron chi connectivity index (χ4n) is 2.72. The minimum Gasteiger partial charge on any atom is -0.497 e. The van der Waals surface area contributed by atoms with Crippen LogP contribution < -0.4 is 10.1 Å². The minimum atomic E-state index is -0.236. The summed E-state index contributed by atoms with van der Waals surface area (Å²) in [5.41, 5.74) is 0.539. The Bertz CT molecular complexity index is 564. The average Bonchev–Trinajstić information content (AvgIpc) is 2.62. The number of carbonyl (C=O) groups excluding carboxylic acids is 1. The molecule has 1 heterocycles. The van der Waals surface area contributed by atoms with E-state index in [4.69, 9.17) is 9.47 Å². The van der Waals surface area contributed by atoms with Crippen LogP contribution in [0, 0.1) is 0 Å². The second kappa shape index (κ2) is 10.0. The number of benzene rings is 1. The number of hydrogen-bond donors (Lipinski definition) is 1. The highest BCUT2D eigenvalue weighted by Gasteiger charge is 2.13. The molecule has 0 bridgehead atoms. The van der Waals surface area contributed by atoms with Crippen LogP contribution in [0.3, 0.4) is 0 Å². The lowest BCUT2D eigenvalue weighted by Crippen LogP contribution is -2.36. The maximum absolute atomic E-state index is 12.4. The highest BCUT2D eigenvalue weighted by molar-refractivity contribution is 6.04. The molecular weight excluding hydrogens is 318 g/mol. The van der Waals surface area contributed by atoms with Crippen LogP contribution in [0.15, 0.2) is 29.3 Å². The van der Waals surface area contributed by atoms with E-state index in [1.165, 1.54) is 19.3 Å².